The number of nitrogens with zero attached hydrogens (tertiary/aromatic N) is 1. The zero-order valence-corrected chi connectivity index (χ0v) is 17.1. The van der Waals surface area contributed by atoms with Gasteiger partial charge in [-0.15, -0.1) is 0 Å². The zero-order chi connectivity index (χ0) is 22.0. The Morgan fingerprint density at radius 1 is 1.13 bits per heavy atom. The van der Waals surface area contributed by atoms with E-state index in [0.717, 1.165) is 22.3 Å². The van der Waals surface area contributed by atoms with Crippen LogP contribution in [-0.4, -0.2) is 66.4 Å². The number of aliphatic carboxylic acids is 1. The fourth-order valence-electron chi connectivity index (χ4n) is 4.15. The maximum Gasteiger partial charge on any atom is 0.407 e. The van der Waals surface area contributed by atoms with E-state index in [4.69, 9.17) is 14.6 Å². The largest absolute Gasteiger partial charge is 0.479 e. The highest BCUT2D eigenvalue weighted by atomic mass is 16.5. The van der Waals surface area contributed by atoms with E-state index in [1.807, 2.05) is 36.4 Å². The molecule has 2 atom stereocenters. The second-order valence-corrected chi connectivity index (χ2v) is 7.67. The lowest BCUT2D eigenvalue weighted by atomic mass is 9.98. The zero-order valence-electron chi connectivity index (χ0n) is 17.1. The molecule has 2 aromatic rings. The van der Waals surface area contributed by atoms with Gasteiger partial charge in [0.15, 0.2) is 6.10 Å². The molecular formula is C23H24N2O6. The van der Waals surface area contributed by atoms with Gasteiger partial charge in [0, 0.05) is 12.5 Å². The van der Waals surface area contributed by atoms with Crippen LogP contribution in [0.5, 0.6) is 0 Å². The molecular weight excluding hydrogens is 400 g/mol. The molecule has 162 valence electrons. The van der Waals surface area contributed by atoms with Gasteiger partial charge in [-0.1, -0.05) is 48.5 Å². The molecule has 0 aromatic heterocycles. The monoisotopic (exact) mass is 424 g/mol. The molecule has 1 aliphatic heterocycles. The quantitative estimate of drug-likeness (QED) is 0.763. The van der Waals surface area contributed by atoms with Gasteiger partial charge in [-0.2, -0.15) is 0 Å². The van der Waals surface area contributed by atoms with Crippen molar-refractivity contribution in [2.45, 2.75) is 25.0 Å². The maximum atomic E-state index is 12.6. The third-order valence-corrected chi connectivity index (χ3v) is 5.70. The van der Waals surface area contributed by atoms with Gasteiger partial charge in [0.05, 0.1) is 13.2 Å². The highest BCUT2D eigenvalue weighted by molar-refractivity contribution is 5.86. The van der Waals surface area contributed by atoms with Crippen molar-refractivity contribution in [3.05, 3.63) is 59.7 Å². The minimum atomic E-state index is -1.12. The van der Waals surface area contributed by atoms with Crippen molar-refractivity contribution >= 4 is 18.0 Å². The summed E-state index contributed by atoms with van der Waals surface area (Å²) in [5.74, 6) is -1.56. The second-order valence-electron chi connectivity index (χ2n) is 7.67. The predicted molar refractivity (Wildman–Crippen MR) is 112 cm³/mol. The summed E-state index contributed by atoms with van der Waals surface area (Å²) in [6.45, 7) is 2.07. The third-order valence-electron chi connectivity index (χ3n) is 5.70. The van der Waals surface area contributed by atoms with Crippen molar-refractivity contribution in [1.29, 1.82) is 0 Å². The van der Waals surface area contributed by atoms with E-state index < -0.39 is 24.2 Å². The summed E-state index contributed by atoms with van der Waals surface area (Å²) in [6, 6.07) is 15.2. The molecule has 2 aromatic carbocycles. The molecule has 1 saturated heterocycles. The molecule has 1 fully saturated rings. The lowest BCUT2D eigenvalue weighted by Gasteiger charge is -2.32. The molecule has 8 nitrogen and oxygen atoms in total. The van der Waals surface area contributed by atoms with Gasteiger partial charge in [0.1, 0.15) is 12.6 Å². The third kappa shape index (κ3) is 4.25. The number of amides is 2. The molecule has 8 heteroatoms. The summed E-state index contributed by atoms with van der Waals surface area (Å²) in [7, 11) is 0. The summed E-state index contributed by atoms with van der Waals surface area (Å²) < 4.78 is 10.6. The average Bonchev–Trinajstić information content (AvgIpc) is 3.11. The number of carbonyl (C=O) groups is 3. The van der Waals surface area contributed by atoms with Crippen molar-refractivity contribution in [1.82, 2.24) is 10.2 Å². The molecule has 31 heavy (non-hydrogen) atoms. The SMILES string of the molecule is CC(NC(=O)OCC1c2ccccc2-c2ccccc21)C(=O)N1CCOC(C(=O)O)C1. The summed E-state index contributed by atoms with van der Waals surface area (Å²) in [5.41, 5.74) is 4.48. The van der Waals surface area contributed by atoms with Gasteiger partial charge in [0.25, 0.3) is 0 Å². The Bertz CT molecular complexity index is 962. The van der Waals surface area contributed by atoms with E-state index in [0.29, 0.717) is 0 Å². The van der Waals surface area contributed by atoms with E-state index in [2.05, 4.69) is 17.4 Å². The molecule has 1 heterocycles. The van der Waals surface area contributed by atoms with Crippen molar-refractivity contribution in [2.24, 2.45) is 0 Å². The van der Waals surface area contributed by atoms with Crippen molar-refractivity contribution in [2.75, 3.05) is 26.3 Å². The number of nitrogens with one attached hydrogen (secondary N) is 1. The summed E-state index contributed by atoms with van der Waals surface area (Å²) in [6.07, 6.45) is -1.75. The lowest BCUT2D eigenvalue weighted by Crippen LogP contribution is -2.54. The smallest absolute Gasteiger partial charge is 0.407 e. The number of fused-ring (bicyclic) bond motifs is 3. The van der Waals surface area contributed by atoms with Crippen LogP contribution in [0.25, 0.3) is 11.1 Å². The molecule has 2 N–H and O–H groups in total. The predicted octanol–water partition coefficient (Wildman–Crippen LogP) is 2.23. The van der Waals surface area contributed by atoms with Gasteiger partial charge in [0.2, 0.25) is 5.91 Å². The summed E-state index contributed by atoms with van der Waals surface area (Å²) in [5, 5.41) is 11.6. The van der Waals surface area contributed by atoms with Crippen LogP contribution in [0, 0.1) is 0 Å². The Morgan fingerprint density at radius 3 is 2.35 bits per heavy atom. The first-order chi connectivity index (χ1) is 15.0. The highest BCUT2D eigenvalue weighted by Gasteiger charge is 2.32. The van der Waals surface area contributed by atoms with Crippen molar-refractivity contribution < 1.29 is 29.0 Å². The van der Waals surface area contributed by atoms with Gasteiger partial charge in [-0.25, -0.2) is 9.59 Å². The Morgan fingerprint density at radius 2 is 1.74 bits per heavy atom. The van der Waals surface area contributed by atoms with Crippen LogP contribution in [0.3, 0.4) is 0 Å². The number of ether oxygens (including phenoxy) is 2. The molecule has 0 spiro atoms. The fraction of sp³-hybridized carbons (Fsp3) is 0.348. The highest BCUT2D eigenvalue weighted by Crippen LogP contribution is 2.44. The van der Waals surface area contributed by atoms with Crippen LogP contribution in [0.15, 0.2) is 48.5 Å². The van der Waals surface area contributed by atoms with Crippen LogP contribution < -0.4 is 5.32 Å². The Hall–Kier alpha value is -3.39. The lowest BCUT2D eigenvalue weighted by molar-refractivity contribution is -0.159. The van der Waals surface area contributed by atoms with Crippen LogP contribution in [0.1, 0.15) is 24.0 Å². The van der Waals surface area contributed by atoms with Gasteiger partial charge < -0.3 is 24.8 Å². The minimum Gasteiger partial charge on any atom is -0.479 e. The molecule has 0 saturated carbocycles. The molecule has 4 rings (SSSR count). The van der Waals surface area contributed by atoms with E-state index in [1.165, 1.54) is 4.90 Å². The number of hydrogen-bond donors (Lipinski definition) is 2. The van der Waals surface area contributed by atoms with Crippen LogP contribution in [0.4, 0.5) is 4.79 Å². The van der Waals surface area contributed by atoms with E-state index in [-0.39, 0.29) is 38.1 Å². The van der Waals surface area contributed by atoms with Crippen LogP contribution in [-0.2, 0) is 19.1 Å². The molecule has 0 bridgehead atoms. The molecule has 2 aliphatic rings. The number of rotatable bonds is 5. The number of carboxylic acid groups (broad SMARTS) is 1. The van der Waals surface area contributed by atoms with Crippen molar-refractivity contribution in [3.8, 4) is 11.1 Å². The van der Waals surface area contributed by atoms with E-state index in [9.17, 15) is 14.4 Å². The Balaban J connectivity index is 1.35. The number of alkyl carbamates (subject to hydrolysis) is 1. The number of benzene rings is 2. The second kappa shape index (κ2) is 8.77. The molecule has 1 aliphatic carbocycles. The number of morpholine rings is 1. The first-order valence-electron chi connectivity index (χ1n) is 10.2. The Labute approximate surface area is 179 Å². The van der Waals surface area contributed by atoms with Gasteiger partial charge in [-0.05, 0) is 29.2 Å². The topological polar surface area (TPSA) is 105 Å². The standard InChI is InChI=1S/C23H24N2O6/c1-14(21(26)25-10-11-30-20(12-25)22(27)28)24-23(29)31-13-19-17-8-4-2-6-15(17)16-7-3-5-9-18(16)19/h2-9,14,19-20H,10-13H2,1H3,(H,24,29)(H,27,28). The molecule has 2 unspecified atom stereocenters. The normalized spacial score (nSPS) is 18.6. The van der Waals surface area contributed by atoms with Crippen LogP contribution >= 0.6 is 0 Å². The van der Waals surface area contributed by atoms with Crippen molar-refractivity contribution in [3.63, 3.8) is 0 Å². The van der Waals surface area contributed by atoms with Crippen LogP contribution in [0.2, 0.25) is 0 Å². The summed E-state index contributed by atoms with van der Waals surface area (Å²) in [4.78, 5) is 37.5. The van der Waals surface area contributed by atoms with Gasteiger partial charge in [-0.3, -0.25) is 4.79 Å². The first kappa shape index (κ1) is 20.9. The Kier molecular flexibility index (Phi) is 5.90. The summed E-state index contributed by atoms with van der Waals surface area (Å²) >= 11 is 0. The van der Waals surface area contributed by atoms with Gasteiger partial charge >= 0.3 is 12.1 Å². The minimum absolute atomic E-state index is 0.0507. The molecule has 2 amide bonds. The first-order valence-corrected chi connectivity index (χ1v) is 10.2. The van der Waals surface area contributed by atoms with E-state index in [1.54, 1.807) is 6.92 Å². The molecule has 0 radical (unpaired) electrons. The number of carbonyl (C=O) groups excluding carboxylic acids is 2. The maximum absolute atomic E-state index is 12.6. The number of hydrogen-bond acceptors (Lipinski definition) is 5. The average molecular weight is 424 g/mol. The number of carboxylic acids is 1. The van der Waals surface area contributed by atoms with E-state index >= 15 is 0 Å². The fourth-order valence-corrected chi connectivity index (χ4v) is 4.15.